The van der Waals surface area contributed by atoms with Gasteiger partial charge in [-0.3, -0.25) is 9.78 Å². The molecule has 0 saturated carbocycles. The molecule has 0 spiro atoms. The Morgan fingerprint density at radius 3 is 2.25 bits per heavy atom. The van der Waals surface area contributed by atoms with Crippen molar-refractivity contribution >= 4 is 17.7 Å². The molecule has 0 saturated heterocycles. The first kappa shape index (κ1) is 20.2. The number of hydrogen-bond acceptors (Lipinski definition) is 3. The summed E-state index contributed by atoms with van der Waals surface area (Å²) in [5.74, 6) is 0.356. The van der Waals surface area contributed by atoms with Crippen LogP contribution >= 0.6 is 11.8 Å². The fraction of sp³-hybridized carbons (Fsp3) is 0.250. The molecule has 0 bridgehead atoms. The van der Waals surface area contributed by atoms with Crippen LogP contribution in [0.2, 0.25) is 0 Å². The third-order valence-corrected chi connectivity index (χ3v) is 5.52. The fourth-order valence-corrected chi connectivity index (χ4v) is 3.63. The van der Waals surface area contributed by atoms with E-state index in [0.717, 1.165) is 16.2 Å². The standard InChI is InChI=1S/C24H26N2OS/c1-24(2,3)19-12-14-20(15-13-19)28-17-22(27)26-23(18-9-5-4-6-10-18)21-11-7-8-16-25-21/h4-16,23H,17H2,1-3H3,(H,26,27). The SMILES string of the molecule is CC(C)(C)c1ccc(SCC(=O)NC(c2ccccc2)c2ccccn2)cc1. The molecule has 1 atom stereocenters. The van der Waals surface area contributed by atoms with Crippen molar-refractivity contribution in [3.05, 3.63) is 95.8 Å². The Morgan fingerprint density at radius 2 is 1.64 bits per heavy atom. The highest BCUT2D eigenvalue weighted by Gasteiger charge is 2.18. The van der Waals surface area contributed by atoms with Crippen LogP contribution in [0.25, 0.3) is 0 Å². The summed E-state index contributed by atoms with van der Waals surface area (Å²) in [5.41, 5.74) is 3.28. The molecular weight excluding hydrogens is 364 g/mol. The van der Waals surface area contributed by atoms with Gasteiger partial charge < -0.3 is 5.32 Å². The van der Waals surface area contributed by atoms with E-state index < -0.39 is 0 Å². The van der Waals surface area contributed by atoms with Gasteiger partial charge in [0.2, 0.25) is 5.91 Å². The fourth-order valence-electron chi connectivity index (χ4n) is 2.92. The van der Waals surface area contributed by atoms with Crippen molar-refractivity contribution in [2.24, 2.45) is 0 Å². The molecule has 3 aromatic rings. The molecule has 1 aromatic heterocycles. The van der Waals surface area contributed by atoms with Crippen LogP contribution in [0.4, 0.5) is 0 Å². The Balaban J connectivity index is 1.66. The van der Waals surface area contributed by atoms with Crippen molar-refractivity contribution < 1.29 is 4.79 Å². The summed E-state index contributed by atoms with van der Waals surface area (Å²) in [6, 6.07) is 23.9. The van der Waals surface area contributed by atoms with Gasteiger partial charge in [0, 0.05) is 11.1 Å². The average molecular weight is 391 g/mol. The molecule has 1 heterocycles. The molecule has 3 rings (SSSR count). The summed E-state index contributed by atoms with van der Waals surface area (Å²) in [4.78, 5) is 18.2. The van der Waals surface area contributed by atoms with E-state index in [4.69, 9.17) is 0 Å². The maximum atomic E-state index is 12.6. The molecule has 4 heteroatoms. The highest BCUT2D eigenvalue weighted by atomic mass is 32.2. The first-order valence-electron chi connectivity index (χ1n) is 9.42. The molecule has 144 valence electrons. The Kier molecular flexibility index (Phi) is 6.53. The van der Waals surface area contributed by atoms with Crippen LogP contribution in [0.1, 0.15) is 43.6 Å². The Morgan fingerprint density at radius 1 is 0.964 bits per heavy atom. The van der Waals surface area contributed by atoms with Gasteiger partial charge in [-0.05, 0) is 40.8 Å². The van der Waals surface area contributed by atoms with E-state index >= 15 is 0 Å². The van der Waals surface area contributed by atoms with Crippen molar-refractivity contribution in [3.63, 3.8) is 0 Å². The van der Waals surface area contributed by atoms with Crippen molar-refractivity contribution in [2.45, 2.75) is 37.1 Å². The van der Waals surface area contributed by atoms with E-state index in [2.05, 4.69) is 55.3 Å². The Labute approximate surface area is 171 Å². The van der Waals surface area contributed by atoms with Gasteiger partial charge in [-0.2, -0.15) is 0 Å². The molecule has 28 heavy (non-hydrogen) atoms. The van der Waals surface area contributed by atoms with E-state index in [0.29, 0.717) is 5.75 Å². The summed E-state index contributed by atoms with van der Waals surface area (Å²) in [7, 11) is 0. The zero-order chi connectivity index (χ0) is 20.0. The van der Waals surface area contributed by atoms with E-state index in [1.807, 2.05) is 48.5 Å². The molecule has 0 aliphatic heterocycles. The number of aromatic nitrogens is 1. The van der Waals surface area contributed by atoms with Gasteiger partial charge in [-0.15, -0.1) is 11.8 Å². The summed E-state index contributed by atoms with van der Waals surface area (Å²) < 4.78 is 0. The number of benzene rings is 2. The largest absolute Gasteiger partial charge is 0.343 e. The smallest absolute Gasteiger partial charge is 0.231 e. The van der Waals surface area contributed by atoms with E-state index in [-0.39, 0.29) is 17.4 Å². The van der Waals surface area contributed by atoms with Gasteiger partial charge in [0.05, 0.1) is 17.5 Å². The Hall–Kier alpha value is -2.59. The molecule has 1 unspecified atom stereocenters. The first-order valence-corrected chi connectivity index (χ1v) is 10.4. The molecule has 0 aliphatic carbocycles. The van der Waals surface area contributed by atoms with Crippen LogP contribution in [-0.2, 0) is 10.2 Å². The normalized spacial score (nSPS) is 12.4. The van der Waals surface area contributed by atoms with Crippen LogP contribution in [0, 0.1) is 0 Å². The van der Waals surface area contributed by atoms with Gasteiger partial charge in [-0.1, -0.05) is 69.3 Å². The Bertz CT molecular complexity index is 848. The minimum atomic E-state index is -0.251. The lowest BCUT2D eigenvalue weighted by molar-refractivity contribution is -0.119. The number of pyridine rings is 1. The lowest BCUT2D eigenvalue weighted by atomic mass is 9.87. The van der Waals surface area contributed by atoms with Crippen LogP contribution < -0.4 is 5.32 Å². The van der Waals surface area contributed by atoms with Crippen molar-refractivity contribution in [1.29, 1.82) is 0 Å². The predicted molar refractivity (Wildman–Crippen MR) is 117 cm³/mol. The van der Waals surface area contributed by atoms with Gasteiger partial charge in [0.25, 0.3) is 0 Å². The number of rotatable bonds is 6. The van der Waals surface area contributed by atoms with Crippen molar-refractivity contribution in [1.82, 2.24) is 10.3 Å². The third kappa shape index (κ3) is 5.46. The van der Waals surface area contributed by atoms with Gasteiger partial charge in [-0.25, -0.2) is 0 Å². The van der Waals surface area contributed by atoms with E-state index in [1.165, 1.54) is 5.56 Å². The number of carbonyl (C=O) groups excluding carboxylic acids is 1. The number of carbonyl (C=O) groups is 1. The second-order valence-corrected chi connectivity index (χ2v) is 8.78. The van der Waals surface area contributed by atoms with E-state index in [1.54, 1.807) is 18.0 Å². The first-order chi connectivity index (χ1) is 13.4. The molecule has 0 fully saturated rings. The summed E-state index contributed by atoms with van der Waals surface area (Å²) in [6.07, 6.45) is 1.75. The minimum absolute atomic E-state index is 0.00981. The highest BCUT2D eigenvalue weighted by molar-refractivity contribution is 8.00. The van der Waals surface area contributed by atoms with Gasteiger partial charge in [0.1, 0.15) is 0 Å². The monoisotopic (exact) mass is 390 g/mol. The quantitative estimate of drug-likeness (QED) is 0.575. The van der Waals surface area contributed by atoms with Gasteiger partial charge >= 0.3 is 0 Å². The third-order valence-electron chi connectivity index (χ3n) is 4.51. The highest BCUT2D eigenvalue weighted by Crippen LogP contribution is 2.26. The van der Waals surface area contributed by atoms with Crippen molar-refractivity contribution in [2.75, 3.05) is 5.75 Å². The molecule has 0 radical (unpaired) electrons. The number of nitrogens with zero attached hydrogens (tertiary/aromatic N) is 1. The topological polar surface area (TPSA) is 42.0 Å². The molecule has 3 nitrogen and oxygen atoms in total. The van der Waals surface area contributed by atoms with Crippen molar-refractivity contribution in [3.8, 4) is 0 Å². The maximum Gasteiger partial charge on any atom is 0.231 e. The van der Waals surface area contributed by atoms with Crippen LogP contribution in [0.3, 0.4) is 0 Å². The average Bonchev–Trinajstić information content (AvgIpc) is 2.71. The number of nitrogens with one attached hydrogen (secondary N) is 1. The predicted octanol–water partition coefficient (Wildman–Crippen LogP) is 5.38. The molecular formula is C24H26N2OS. The lowest BCUT2D eigenvalue weighted by Gasteiger charge is -2.20. The lowest BCUT2D eigenvalue weighted by Crippen LogP contribution is -2.31. The van der Waals surface area contributed by atoms with E-state index in [9.17, 15) is 4.79 Å². The molecule has 1 N–H and O–H groups in total. The summed E-state index contributed by atoms with van der Waals surface area (Å²) >= 11 is 1.55. The minimum Gasteiger partial charge on any atom is -0.343 e. The molecule has 2 aromatic carbocycles. The number of amides is 1. The summed E-state index contributed by atoms with van der Waals surface area (Å²) in [5, 5.41) is 3.13. The van der Waals surface area contributed by atoms with Crippen LogP contribution in [0.5, 0.6) is 0 Å². The zero-order valence-corrected chi connectivity index (χ0v) is 17.4. The maximum absolute atomic E-state index is 12.6. The second kappa shape index (κ2) is 9.07. The summed E-state index contributed by atoms with van der Waals surface area (Å²) in [6.45, 7) is 6.60. The molecule has 0 aliphatic rings. The number of thioether (sulfide) groups is 1. The second-order valence-electron chi connectivity index (χ2n) is 7.73. The molecule has 1 amide bonds. The van der Waals surface area contributed by atoms with Crippen LogP contribution in [0.15, 0.2) is 83.9 Å². The zero-order valence-electron chi connectivity index (χ0n) is 16.6. The number of hydrogen-bond donors (Lipinski definition) is 1. The van der Waals surface area contributed by atoms with Gasteiger partial charge in [0.15, 0.2) is 0 Å². The van der Waals surface area contributed by atoms with Crippen LogP contribution in [-0.4, -0.2) is 16.6 Å².